The van der Waals surface area contributed by atoms with Crippen LogP contribution < -0.4 is 5.32 Å². The Hall–Kier alpha value is -2.54. The molecular weight excluding hydrogens is 314 g/mol. The first-order valence-corrected chi connectivity index (χ1v) is 8.10. The van der Waals surface area contributed by atoms with E-state index in [0.29, 0.717) is 24.1 Å². The summed E-state index contributed by atoms with van der Waals surface area (Å²) >= 11 is 1.52. The number of benzene rings is 1. The molecule has 1 aliphatic heterocycles. The van der Waals surface area contributed by atoms with Crippen LogP contribution in [0.5, 0.6) is 0 Å². The van der Waals surface area contributed by atoms with Crippen LogP contribution in [0, 0.1) is 0 Å². The average molecular weight is 329 g/mol. The molecule has 0 saturated heterocycles. The number of hydrogen-bond donors (Lipinski definition) is 1. The first-order valence-electron chi connectivity index (χ1n) is 7.22. The van der Waals surface area contributed by atoms with Gasteiger partial charge in [-0.25, -0.2) is 4.98 Å². The zero-order chi connectivity index (χ0) is 16.4. The Labute approximate surface area is 137 Å². The first-order chi connectivity index (χ1) is 11.1. The molecule has 3 amide bonds. The monoisotopic (exact) mass is 329 g/mol. The molecule has 1 atom stereocenters. The number of thiazole rings is 1. The SMILES string of the molecule is CC(C(=O)NCCc1nccs1)N1C(=O)c2ccccc2C1=O. The number of nitrogens with one attached hydrogen (secondary N) is 1. The molecule has 0 spiro atoms. The van der Waals surface area contributed by atoms with E-state index in [4.69, 9.17) is 0 Å². The standard InChI is InChI=1S/C16H15N3O3S/c1-10(14(20)18-7-6-13-17-8-9-23-13)19-15(21)11-4-2-3-5-12(11)16(19)22/h2-5,8-10H,6-7H2,1H3,(H,18,20). The first kappa shape index (κ1) is 15.4. The van der Waals surface area contributed by atoms with Crippen LogP contribution in [0.2, 0.25) is 0 Å². The lowest BCUT2D eigenvalue weighted by Gasteiger charge is -2.21. The van der Waals surface area contributed by atoms with Crippen LogP contribution in [0.3, 0.4) is 0 Å². The van der Waals surface area contributed by atoms with Gasteiger partial charge in [0.15, 0.2) is 0 Å². The zero-order valence-electron chi connectivity index (χ0n) is 12.5. The highest BCUT2D eigenvalue weighted by atomic mass is 32.1. The van der Waals surface area contributed by atoms with Gasteiger partial charge in [-0.05, 0) is 19.1 Å². The van der Waals surface area contributed by atoms with E-state index in [9.17, 15) is 14.4 Å². The van der Waals surface area contributed by atoms with Gasteiger partial charge in [-0.1, -0.05) is 12.1 Å². The maximum atomic E-state index is 12.3. The summed E-state index contributed by atoms with van der Waals surface area (Å²) < 4.78 is 0. The summed E-state index contributed by atoms with van der Waals surface area (Å²) in [4.78, 5) is 42.0. The molecule has 0 radical (unpaired) electrons. The third-order valence-electron chi connectivity index (χ3n) is 3.71. The number of amides is 3. The molecule has 1 unspecified atom stereocenters. The van der Waals surface area contributed by atoms with E-state index in [0.717, 1.165) is 9.91 Å². The molecule has 1 aromatic heterocycles. The van der Waals surface area contributed by atoms with Gasteiger partial charge in [0, 0.05) is 24.5 Å². The molecule has 6 nitrogen and oxygen atoms in total. The lowest BCUT2D eigenvalue weighted by atomic mass is 10.1. The van der Waals surface area contributed by atoms with Crippen LogP contribution in [0.1, 0.15) is 32.6 Å². The summed E-state index contributed by atoms with van der Waals surface area (Å²) in [6.07, 6.45) is 2.33. The predicted molar refractivity (Wildman–Crippen MR) is 85.2 cm³/mol. The smallest absolute Gasteiger partial charge is 0.262 e. The fraction of sp³-hybridized carbons (Fsp3) is 0.250. The maximum absolute atomic E-state index is 12.3. The van der Waals surface area contributed by atoms with Crippen molar-refractivity contribution in [3.63, 3.8) is 0 Å². The Morgan fingerprint density at radius 3 is 2.48 bits per heavy atom. The lowest BCUT2D eigenvalue weighted by Crippen LogP contribution is -2.48. The number of imide groups is 1. The van der Waals surface area contributed by atoms with Crippen molar-refractivity contribution in [2.24, 2.45) is 0 Å². The van der Waals surface area contributed by atoms with Crippen LogP contribution >= 0.6 is 11.3 Å². The normalized spacial score (nSPS) is 14.7. The zero-order valence-corrected chi connectivity index (χ0v) is 13.3. The van der Waals surface area contributed by atoms with Gasteiger partial charge in [0.1, 0.15) is 6.04 Å². The van der Waals surface area contributed by atoms with Crippen molar-refractivity contribution in [3.05, 3.63) is 52.0 Å². The molecule has 1 N–H and O–H groups in total. The molecule has 1 aromatic carbocycles. The van der Waals surface area contributed by atoms with E-state index in [2.05, 4.69) is 10.3 Å². The van der Waals surface area contributed by atoms with Crippen LogP contribution in [-0.4, -0.2) is 40.2 Å². The van der Waals surface area contributed by atoms with Crippen LogP contribution in [0.15, 0.2) is 35.8 Å². The summed E-state index contributed by atoms with van der Waals surface area (Å²) in [7, 11) is 0. The highest BCUT2D eigenvalue weighted by Gasteiger charge is 2.40. The van der Waals surface area contributed by atoms with Crippen molar-refractivity contribution in [2.45, 2.75) is 19.4 Å². The molecule has 0 fully saturated rings. The molecule has 2 heterocycles. The van der Waals surface area contributed by atoms with E-state index in [1.807, 2.05) is 5.38 Å². The van der Waals surface area contributed by atoms with Gasteiger partial charge < -0.3 is 5.32 Å². The lowest BCUT2D eigenvalue weighted by molar-refractivity contribution is -0.124. The average Bonchev–Trinajstić information content (AvgIpc) is 3.15. The molecular formula is C16H15N3O3S. The number of hydrogen-bond acceptors (Lipinski definition) is 5. The van der Waals surface area contributed by atoms with E-state index in [1.54, 1.807) is 37.4 Å². The second-order valence-corrected chi connectivity index (χ2v) is 6.15. The van der Waals surface area contributed by atoms with E-state index < -0.39 is 17.9 Å². The molecule has 0 aliphatic carbocycles. The summed E-state index contributed by atoms with van der Waals surface area (Å²) in [5.41, 5.74) is 0.694. The fourth-order valence-corrected chi connectivity index (χ4v) is 3.11. The van der Waals surface area contributed by atoms with Gasteiger partial charge in [-0.15, -0.1) is 11.3 Å². The van der Waals surface area contributed by atoms with Crippen molar-refractivity contribution < 1.29 is 14.4 Å². The maximum Gasteiger partial charge on any atom is 0.262 e. The number of carbonyl (C=O) groups excluding carboxylic acids is 3. The highest BCUT2D eigenvalue weighted by molar-refractivity contribution is 7.09. The number of carbonyl (C=O) groups is 3. The highest BCUT2D eigenvalue weighted by Crippen LogP contribution is 2.24. The van der Waals surface area contributed by atoms with Gasteiger partial charge in [0.2, 0.25) is 5.91 Å². The predicted octanol–water partition coefficient (Wildman–Crippen LogP) is 1.49. The van der Waals surface area contributed by atoms with Crippen molar-refractivity contribution in [1.29, 1.82) is 0 Å². The molecule has 3 rings (SSSR count). The Morgan fingerprint density at radius 2 is 1.91 bits per heavy atom. The minimum atomic E-state index is -0.848. The molecule has 0 saturated carbocycles. The van der Waals surface area contributed by atoms with Gasteiger partial charge in [0.25, 0.3) is 11.8 Å². The summed E-state index contributed by atoms with van der Waals surface area (Å²) in [5.74, 6) is -1.20. The van der Waals surface area contributed by atoms with Crippen molar-refractivity contribution in [3.8, 4) is 0 Å². The summed E-state index contributed by atoms with van der Waals surface area (Å²) in [5, 5.41) is 5.55. The van der Waals surface area contributed by atoms with Crippen molar-refractivity contribution in [2.75, 3.05) is 6.54 Å². The molecule has 118 valence electrons. The third kappa shape index (κ3) is 2.87. The van der Waals surface area contributed by atoms with E-state index in [1.165, 1.54) is 11.3 Å². The van der Waals surface area contributed by atoms with Gasteiger partial charge in [0.05, 0.1) is 16.1 Å². The summed E-state index contributed by atoms with van der Waals surface area (Å²) in [6, 6.07) is 5.75. The topological polar surface area (TPSA) is 79.4 Å². The number of rotatable bonds is 5. The van der Waals surface area contributed by atoms with Crippen molar-refractivity contribution in [1.82, 2.24) is 15.2 Å². The molecule has 1 aliphatic rings. The molecule has 7 heteroatoms. The third-order valence-corrected chi connectivity index (χ3v) is 4.55. The van der Waals surface area contributed by atoms with E-state index >= 15 is 0 Å². The Bertz CT molecular complexity index is 723. The minimum absolute atomic E-state index is 0.347. The molecule has 0 bridgehead atoms. The van der Waals surface area contributed by atoms with Crippen LogP contribution in [0.25, 0.3) is 0 Å². The Kier molecular flexibility index (Phi) is 4.20. The van der Waals surface area contributed by atoms with Gasteiger partial charge >= 0.3 is 0 Å². The largest absolute Gasteiger partial charge is 0.354 e. The second-order valence-electron chi connectivity index (χ2n) is 5.17. The second kappa shape index (κ2) is 6.29. The minimum Gasteiger partial charge on any atom is -0.354 e. The van der Waals surface area contributed by atoms with E-state index in [-0.39, 0.29) is 5.91 Å². The van der Waals surface area contributed by atoms with Gasteiger partial charge in [-0.3, -0.25) is 19.3 Å². The fourth-order valence-electron chi connectivity index (χ4n) is 2.49. The summed E-state index contributed by atoms with van der Waals surface area (Å²) in [6.45, 7) is 1.97. The Morgan fingerprint density at radius 1 is 1.26 bits per heavy atom. The number of aromatic nitrogens is 1. The quantitative estimate of drug-likeness (QED) is 0.843. The van der Waals surface area contributed by atoms with Crippen LogP contribution in [-0.2, 0) is 11.2 Å². The number of nitrogens with zero attached hydrogens (tertiary/aromatic N) is 2. The van der Waals surface area contributed by atoms with Crippen molar-refractivity contribution >= 4 is 29.1 Å². The molecule has 23 heavy (non-hydrogen) atoms. The Balaban J connectivity index is 1.64. The van der Waals surface area contributed by atoms with Gasteiger partial charge in [-0.2, -0.15) is 0 Å². The molecule has 2 aromatic rings. The van der Waals surface area contributed by atoms with Crippen LogP contribution in [0.4, 0.5) is 0 Å². The number of fused-ring (bicyclic) bond motifs is 1.